The molecule has 0 aliphatic heterocycles. The molecule has 1 rings (SSSR count). The average Bonchev–Trinajstić information content (AvgIpc) is 2.65. The van der Waals surface area contributed by atoms with Crippen LogP contribution in [0.2, 0.25) is 0 Å². The lowest BCUT2D eigenvalue weighted by Crippen LogP contribution is -2.19. The minimum absolute atomic E-state index is 0.378. The predicted molar refractivity (Wildman–Crippen MR) is 54.8 cm³/mol. The molecule has 1 aromatic rings. The Kier molecular flexibility index (Phi) is 4.52. The van der Waals surface area contributed by atoms with E-state index in [-0.39, 0.29) is 0 Å². The Morgan fingerprint density at radius 2 is 2.21 bits per heavy atom. The Morgan fingerprint density at radius 1 is 1.43 bits per heavy atom. The molecule has 0 saturated carbocycles. The van der Waals surface area contributed by atoms with Crippen LogP contribution in [-0.4, -0.2) is 26.8 Å². The van der Waals surface area contributed by atoms with E-state index in [0.717, 1.165) is 31.8 Å². The maximum atomic E-state index is 4.00. The van der Waals surface area contributed by atoms with Crippen molar-refractivity contribution < 1.29 is 0 Å². The van der Waals surface area contributed by atoms with Gasteiger partial charge < -0.3 is 5.32 Å². The molecule has 5 nitrogen and oxygen atoms in total. The van der Waals surface area contributed by atoms with Crippen LogP contribution < -0.4 is 5.32 Å². The van der Waals surface area contributed by atoms with Gasteiger partial charge in [0.1, 0.15) is 0 Å². The predicted octanol–water partition coefficient (Wildman–Crippen LogP) is 1.14. The third-order valence-corrected chi connectivity index (χ3v) is 2.28. The maximum Gasteiger partial charge on any atom is 0.165 e. The Hall–Kier alpha value is -0.970. The quantitative estimate of drug-likeness (QED) is 0.695. The molecule has 80 valence electrons. The number of hydrogen-bond acceptors (Lipinski definition) is 4. The molecule has 0 amide bonds. The van der Waals surface area contributed by atoms with Crippen molar-refractivity contribution >= 4 is 0 Å². The summed E-state index contributed by atoms with van der Waals surface area (Å²) in [7, 11) is 0. The van der Waals surface area contributed by atoms with E-state index < -0.39 is 0 Å². The van der Waals surface area contributed by atoms with Crippen LogP contribution in [0.4, 0.5) is 0 Å². The standard InChI is InChI=1S/C9H19N5/c1-4-6-10-7-9-11-12-13-14(9)8(3)5-2/h8,10H,4-7H2,1-3H3. The number of nitrogens with one attached hydrogen (secondary N) is 1. The summed E-state index contributed by atoms with van der Waals surface area (Å²) < 4.78 is 1.89. The molecule has 0 bridgehead atoms. The summed E-state index contributed by atoms with van der Waals surface area (Å²) in [5, 5.41) is 15.0. The fourth-order valence-corrected chi connectivity index (χ4v) is 1.22. The third-order valence-electron chi connectivity index (χ3n) is 2.28. The summed E-state index contributed by atoms with van der Waals surface area (Å²) in [6.45, 7) is 8.17. The van der Waals surface area contributed by atoms with Crippen molar-refractivity contribution in [1.82, 2.24) is 25.5 Å². The van der Waals surface area contributed by atoms with Gasteiger partial charge in [0, 0.05) is 0 Å². The van der Waals surface area contributed by atoms with Crippen molar-refractivity contribution in [1.29, 1.82) is 0 Å². The SMILES string of the molecule is CCCNCc1nnnn1C(C)CC. The van der Waals surface area contributed by atoms with Crippen molar-refractivity contribution in [3.63, 3.8) is 0 Å². The van der Waals surface area contributed by atoms with Crippen LogP contribution >= 0.6 is 0 Å². The molecular weight excluding hydrogens is 178 g/mol. The van der Waals surface area contributed by atoms with Crippen molar-refractivity contribution in [3.05, 3.63) is 5.82 Å². The molecule has 1 aromatic heterocycles. The van der Waals surface area contributed by atoms with Gasteiger partial charge in [0.2, 0.25) is 0 Å². The molecule has 0 aromatic carbocycles. The lowest BCUT2D eigenvalue weighted by Gasteiger charge is -2.10. The molecule has 0 saturated heterocycles. The van der Waals surface area contributed by atoms with Crippen LogP contribution in [-0.2, 0) is 6.54 Å². The first-order chi connectivity index (χ1) is 6.79. The fraction of sp³-hybridized carbons (Fsp3) is 0.889. The zero-order chi connectivity index (χ0) is 10.4. The van der Waals surface area contributed by atoms with Crippen LogP contribution in [0.3, 0.4) is 0 Å². The summed E-state index contributed by atoms with van der Waals surface area (Å²) in [5.41, 5.74) is 0. The van der Waals surface area contributed by atoms with E-state index in [1.54, 1.807) is 0 Å². The molecule has 1 heterocycles. The van der Waals surface area contributed by atoms with E-state index in [4.69, 9.17) is 0 Å². The van der Waals surface area contributed by atoms with Crippen LogP contribution in [0, 0.1) is 0 Å². The zero-order valence-electron chi connectivity index (χ0n) is 9.19. The van der Waals surface area contributed by atoms with Gasteiger partial charge in [0.25, 0.3) is 0 Å². The van der Waals surface area contributed by atoms with Crippen molar-refractivity contribution in [2.24, 2.45) is 0 Å². The first-order valence-corrected chi connectivity index (χ1v) is 5.27. The summed E-state index contributed by atoms with van der Waals surface area (Å²) in [5.74, 6) is 0.924. The third kappa shape index (κ3) is 2.77. The highest BCUT2D eigenvalue weighted by Crippen LogP contribution is 2.08. The van der Waals surface area contributed by atoms with Gasteiger partial charge in [0.05, 0.1) is 12.6 Å². The second kappa shape index (κ2) is 5.70. The normalized spacial score (nSPS) is 13.1. The van der Waals surface area contributed by atoms with E-state index >= 15 is 0 Å². The van der Waals surface area contributed by atoms with E-state index in [9.17, 15) is 0 Å². The minimum Gasteiger partial charge on any atom is -0.310 e. The maximum absolute atomic E-state index is 4.00. The molecule has 14 heavy (non-hydrogen) atoms. The molecule has 0 aliphatic carbocycles. The Balaban J connectivity index is 2.53. The topological polar surface area (TPSA) is 55.6 Å². The molecule has 5 heteroatoms. The van der Waals surface area contributed by atoms with Gasteiger partial charge in [-0.3, -0.25) is 0 Å². The van der Waals surface area contributed by atoms with Crippen molar-refractivity contribution in [2.75, 3.05) is 6.54 Å². The van der Waals surface area contributed by atoms with Gasteiger partial charge in [-0.1, -0.05) is 13.8 Å². The van der Waals surface area contributed by atoms with Gasteiger partial charge in [-0.2, -0.15) is 0 Å². The van der Waals surface area contributed by atoms with Crippen molar-refractivity contribution in [2.45, 2.75) is 46.2 Å². The second-order valence-electron chi connectivity index (χ2n) is 3.47. The van der Waals surface area contributed by atoms with E-state index in [0.29, 0.717) is 6.04 Å². The molecule has 0 fully saturated rings. The summed E-state index contributed by atoms with van der Waals surface area (Å²) >= 11 is 0. The van der Waals surface area contributed by atoms with Crippen LogP contribution in [0.1, 0.15) is 45.5 Å². The molecule has 1 N–H and O–H groups in total. The monoisotopic (exact) mass is 197 g/mol. The molecular formula is C9H19N5. The fourth-order valence-electron chi connectivity index (χ4n) is 1.22. The van der Waals surface area contributed by atoms with E-state index in [1.165, 1.54) is 0 Å². The lowest BCUT2D eigenvalue weighted by molar-refractivity contribution is 0.440. The first-order valence-electron chi connectivity index (χ1n) is 5.27. The van der Waals surface area contributed by atoms with Crippen LogP contribution in [0.25, 0.3) is 0 Å². The van der Waals surface area contributed by atoms with Gasteiger partial charge in [-0.05, 0) is 36.7 Å². The van der Waals surface area contributed by atoms with E-state index in [2.05, 4.69) is 41.6 Å². The molecule has 1 atom stereocenters. The summed E-state index contributed by atoms with van der Waals surface area (Å²) in [4.78, 5) is 0. The number of rotatable bonds is 6. The zero-order valence-corrected chi connectivity index (χ0v) is 9.19. The minimum atomic E-state index is 0.378. The number of tetrazole rings is 1. The van der Waals surface area contributed by atoms with Gasteiger partial charge in [-0.15, -0.1) is 5.10 Å². The Bertz CT molecular complexity index is 257. The Morgan fingerprint density at radius 3 is 2.86 bits per heavy atom. The highest BCUT2D eigenvalue weighted by Gasteiger charge is 2.09. The van der Waals surface area contributed by atoms with E-state index in [1.807, 2.05) is 4.68 Å². The van der Waals surface area contributed by atoms with Crippen molar-refractivity contribution in [3.8, 4) is 0 Å². The first kappa shape index (κ1) is 11.1. The average molecular weight is 197 g/mol. The second-order valence-corrected chi connectivity index (χ2v) is 3.47. The largest absolute Gasteiger partial charge is 0.310 e. The van der Waals surface area contributed by atoms with Crippen LogP contribution in [0.5, 0.6) is 0 Å². The van der Waals surface area contributed by atoms with Gasteiger partial charge >= 0.3 is 0 Å². The molecule has 0 radical (unpaired) electrons. The molecule has 0 spiro atoms. The Labute approximate surface area is 84.9 Å². The smallest absolute Gasteiger partial charge is 0.165 e. The number of hydrogen-bond donors (Lipinski definition) is 1. The number of nitrogens with zero attached hydrogens (tertiary/aromatic N) is 4. The van der Waals surface area contributed by atoms with Gasteiger partial charge in [-0.25, -0.2) is 4.68 Å². The highest BCUT2D eigenvalue weighted by atomic mass is 15.6. The highest BCUT2D eigenvalue weighted by molar-refractivity contribution is 4.82. The number of aromatic nitrogens is 4. The summed E-state index contributed by atoms with van der Waals surface area (Å²) in [6, 6.07) is 0.378. The molecule has 1 unspecified atom stereocenters. The molecule has 0 aliphatic rings. The van der Waals surface area contributed by atoms with Crippen LogP contribution in [0.15, 0.2) is 0 Å². The van der Waals surface area contributed by atoms with Gasteiger partial charge in [0.15, 0.2) is 5.82 Å². The lowest BCUT2D eigenvalue weighted by atomic mass is 10.3. The summed E-state index contributed by atoms with van der Waals surface area (Å²) in [6.07, 6.45) is 2.18.